The fourth-order valence-electron chi connectivity index (χ4n) is 2.89. The van der Waals surface area contributed by atoms with Crippen LogP contribution in [0.1, 0.15) is 32.6 Å². The molecule has 2 saturated heterocycles. The van der Waals surface area contributed by atoms with Gasteiger partial charge in [0.1, 0.15) is 0 Å². The molecule has 1 unspecified atom stereocenters. The number of carbonyl (C=O) groups excluding carboxylic acids is 1. The molecule has 2 aliphatic rings. The highest BCUT2D eigenvalue weighted by molar-refractivity contribution is 7.89. The van der Waals surface area contributed by atoms with E-state index < -0.39 is 10.0 Å². The van der Waals surface area contributed by atoms with E-state index in [-0.39, 0.29) is 23.6 Å². The molecule has 0 bridgehead atoms. The SMILES string of the molecule is CCS(=O)(=O)N1CCCC(C(=O)N[C@H]2CCCNC2)C1. The minimum Gasteiger partial charge on any atom is -0.352 e. The van der Waals surface area contributed by atoms with E-state index in [1.807, 2.05) is 0 Å². The zero-order valence-corrected chi connectivity index (χ0v) is 12.9. The Labute approximate surface area is 121 Å². The minimum atomic E-state index is -3.18. The predicted molar refractivity (Wildman–Crippen MR) is 77.8 cm³/mol. The molecule has 2 heterocycles. The molecule has 2 rings (SSSR count). The molecule has 0 saturated carbocycles. The number of hydrogen-bond donors (Lipinski definition) is 2. The Hall–Kier alpha value is -0.660. The zero-order chi connectivity index (χ0) is 14.6. The Bertz CT molecular complexity index is 432. The first-order valence-corrected chi connectivity index (χ1v) is 9.12. The van der Waals surface area contributed by atoms with E-state index in [1.54, 1.807) is 6.92 Å². The number of amides is 1. The number of sulfonamides is 1. The van der Waals surface area contributed by atoms with Gasteiger partial charge in [-0.25, -0.2) is 12.7 Å². The van der Waals surface area contributed by atoms with Gasteiger partial charge in [-0.05, 0) is 39.2 Å². The van der Waals surface area contributed by atoms with Crippen molar-refractivity contribution in [3.63, 3.8) is 0 Å². The first-order valence-electron chi connectivity index (χ1n) is 7.52. The minimum absolute atomic E-state index is 0.00898. The van der Waals surface area contributed by atoms with Crippen molar-refractivity contribution in [2.24, 2.45) is 5.92 Å². The van der Waals surface area contributed by atoms with Crippen LogP contribution in [0, 0.1) is 5.92 Å². The third-order valence-electron chi connectivity index (χ3n) is 4.16. The fraction of sp³-hybridized carbons (Fsp3) is 0.923. The summed E-state index contributed by atoms with van der Waals surface area (Å²) in [6.07, 6.45) is 3.62. The topological polar surface area (TPSA) is 78.5 Å². The monoisotopic (exact) mass is 303 g/mol. The molecule has 2 aliphatic heterocycles. The molecule has 7 heteroatoms. The van der Waals surface area contributed by atoms with Gasteiger partial charge in [0.05, 0.1) is 11.7 Å². The Kier molecular flexibility index (Phi) is 5.40. The molecule has 2 atom stereocenters. The summed E-state index contributed by atoms with van der Waals surface area (Å²) < 4.78 is 25.3. The van der Waals surface area contributed by atoms with E-state index in [0.717, 1.165) is 38.8 Å². The van der Waals surface area contributed by atoms with Gasteiger partial charge in [0.15, 0.2) is 0 Å². The van der Waals surface area contributed by atoms with Crippen molar-refractivity contribution in [1.82, 2.24) is 14.9 Å². The number of piperidine rings is 2. The molecule has 0 radical (unpaired) electrons. The number of nitrogens with one attached hydrogen (secondary N) is 2. The largest absolute Gasteiger partial charge is 0.352 e. The lowest BCUT2D eigenvalue weighted by molar-refractivity contribution is -0.126. The average Bonchev–Trinajstić information content (AvgIpc) is 2.48. The molecule has 0 aromatic carbocycles. The summed E-state index contributed by atoms with van der Waals surface area (Å²) in [7, 11) is -3.18. The second-order valence-electron chi connectivity index (χ2n) is 5.65. The van der Waals surface area contributed by atoms with E-state index >= 15 is 0 Å². The van der Waals surface area contributed by atoms with Gasteiger partial charge in [0.2, 0.25) is 15.9 Å². The van der Waals surface area contributed by atoms with E-state index in [9.17, 15) is 13.2 Å². The molecule has 2 N–H and O–H groups in total. The normalized spacial score (nSPS) is 29.1. The van der Waals surface area contributed by atoms with Gasteiger partial charge >= 0.3 is 0 Å². The quantitative estimate of drug-likeness (QED) is 0.761. The lowest BCUT2D eigenvalue weighted by Crippen LogP contribution is -2.51. The van der Waals surface area contributed by atoms with Crippen LogP contribution in [0.15, 0.2) is 0 Å². The summed E-state index contributed by atoms with van der Waals surface area (Å²) in [5, 5.41) is 6.32. The Morgan fingerprint density at radius 3 is 2.80 bits per heavy atom. The van der Waals surface area contributed by atoms with Gasteiger partial charge in [0.25, 0.3) is 0 Å². The highest BCUT2D eigenvalue weighted by atomic mass is 32.2. The van der Waals surface area contributed by atoms with Crippen LogP contribution < -0.4 is 10.6 Å². The standard InChI is InChI=1S/C13H25N3O3S/c1-2-20(18,19)16-8-4-5-11(10-16)13(17)15-12-6-3-7-14-9-12/h11-12,14H,2-10H2,1H3,(H,15,17)/t11?,12-/m0/s1. The van der Waals surface area contributed by atoms with Crippen molar-refractivity contribution in [3.8, 4) is 0 Å². The molecule has 0 aromatic heterocycles. The summed E-state index contributed by atoms with van der Waals surface area (Å²) in [5.74, 6) is -0.0878. The van der Waals surface area contributed by atoms with E-state index in [2.05, 4.69) is 10.6 Å². The van der Waals surface area contributed by atoms with Gasteiger partial charge in [0, 0.05) is 25.7 Å². The van der Waals surface area contributed by atoms with Crippen LogP contribution in [-0.2, 0) is 14.8 Å². The molecule has 1 amide bonds. The Morgan fingerprint density at radius 1 is 1.35 bits per heavy atom. The van der Waals surface area contributed by atoms with E-state index in [4.69, 9.17) is 0 Å². The third-order valence-corrected chi connectivity index (χ3v) is 6.00. The highest BCUT2D eigenvalue weighted by Gasteiger charge is 2.32. The molecule has 2 fully saturated rings. The molecule has 20 heavy (non-hydrogen) atoms. The van der Waals surface area contributed by atoms with Crippen molar-refractivity contribution in [2.75, 3.05) is 31.9 Å². The van der Waals surface area contributed by atoms with Crippen LogP contribution in [0.5, 0.6) is 0 Å². The van der Waals surface area contributed by atoms with Crippen LogP contribution in [-0.4, -0.2) is 56.6 Å². The smallest absolute Gasteiger partial charge is 0.224 e. The number of rotatable bonds is 4. The maximum absolute atomic E-state index is 12.3. The molecule has 0 spiro atoms. The van der Waals surface area contributed by atoms with Crippen molar-refractivity contribution in [1.29, 1.82) is 0 Å². The Morgan fingerprint density at radius 2 is 2.15 bits per heavy atom. The van der Waals surface area contributed by atoms with Crippen LogP contribution >= 0.6 is 0 Å². The molecule has 6 nitrogen and oxygen atoms in total. The van der Waals surface area contributed by atoms with Crippen LogP contribution in [0.4, 0.5) is 0 Å². The van der Waals surface area contributed by atoms with Gasteiger partial charge in [-0.3, -0.25) is 4.79 Å². The summed E-state index contributed by atoms with van der Waals surface area (Å²) >= 11 is 0. The summed E-state index contributed by atoms with van der Waals surface area (Å²) in [5.41, 5.74) is 0. The number of nitrogens with zero attached hydrogens (tertiary/aromatic N) is 1. The number of carbonyl (C=O) groups is 1. The maximum Gasteiger partial charge on any atom is 0.224 e. The molecule has 0 aliphatic carbocycles. The first kappa shape index (κ1) is 15.7. The van der Waals surface area contributed by atoms with Crippen LogP contribution in [0.2, 0.25) is 0 Å². The van der Waals surface area contributed by atoms with Crippen LogP contribution in [0.3, 0.4) is 0 Å². The van der Waals surface area contributed by atoms with E-state index in [1.165, 1.54) is 4.31 Å². The molecule has 0 aromatic rings. The molecular formula is C13H25N3O3S. The van der Waals surface area contributed by atoms with Gasteiger partial charge < -0.3 is 10.6 Å². The average molecular weight is 303 g/mol. The zero-order valence-electron chi connectivity index (χ0n) is 12.1. The van der Waals surface area contributed by atoms with Crippen LogP contribution in [0.25, 0.3) is 0 Å². The lowest BCUT2D eigenvalue weighted by Gasteiger charge is -2.32. The highest BCUT2D eigenvalue weighted by Crippen LogP contribution is 2.20. The van der Waals surface area contributed by atoms with Crippen molar-refractivity contribution >= 4 is 15.9 Å². The summed E-state index contributed by atoms with van der Waals surface area (Å²) in [6, 6.07) is 0.189. The first-order chi connectivity index (χ1) is 9.53. The maximum atomic E-state index is 12.3. The molecule has 116 valence electrons. The Balaban J connectivity index is 1.89. The lowest BCUT2D eigenvalue weighted by atomic mass is 9.97. The van der Waals surface area contributed by atoms with E-state index in [0.29, 0.717) is 13.1 Å². The second kappa shape index (κ2) is 6.87. The fourth-order valence-corrected chi connectivity index (χ4v) is 4.07. The summed E-state index contributed by atoms with van der Waals surface area (Å²) in [4.78, 5) is 12.3. The number of hydrogen-bond acceptors (Lipinski definition) is 4. The second-order valence-corrected chi connectivity index (χ2v) is 7.91. The predicted octanol–water partition coefficient (Wildman–Crippen LogP) is -0.0837. The van der Waals surface area contributed by atoms with Crippen molar-refractivity contribution in [3.05, 3.63) is 0 Å². The van der Waals surface area contributed by atoms with Gasteiger partial charge in [-0.2, -0.15) is 0 Å². The van der Waals surface area contributed by atoms with Crippen molar-refractivity contribution < 1.29 is 13.2 Å². The van der Waals surface area contributed by atoms with Gasteiger partial charge in [-0.15, -0.1) is 0 Å². The molecular weight excluding hydrogens is 278 g/mol. The summed E-state index contributed by atoms with van der Waals surface area (Å²) in [6.45, 7) is 4.35. The van der Waals surface area contributed by atoms with Gasteiger partial charge in [-0.1, -0.05) is 0 Å². The van der Waals surface area contributed by atoms with Crippen molar-refractivity contribution in [2.45, 2.75) is 38.6 Å². The third kappa shape index (κ3) is 3.93.